The monoisotopic (exact) mass is 499 g/mol. The van der Waals surface area contributed by atoms with Gasteiger partial charge in [0.05, 0.1) is 0 Å². The van der Waals surface area contributed by atoms with Crippen LogP contribution in [0.15, 0.2) is 52.3 Å². The third-order valence-corrected chi connectivity index (χ3v) is 5.88. The van der Waals surface area contributed by atoms with Gasteiger partial charge in [-0.2, -0.15) is 0 Å². The van der Waals surface area contributed by atoms with Crippen LogP contribution in [0, 0.1) is 5.82 Å². The van der Waals surface area contributed by atoms with Crippen molar-refractivity contribution in [2.24, 2.45) is 0 Å². The second-order valence-corrected chi connectivity index (χ2v) is 8.26. The lowest BCUT2D eigenvalue weighted by molar-refractivity contribution is -0.120. The highest BCUT2D eigenvalue weighted by Crippen LogP contribution is 2.36. The molecule has 1 aromatic heterocycles. The van der Waals surface area contributed by atoms with Crippen LogP contribution in [-0.4, -0.2) is 23.2 Å². The zero-order chi connectivity index (χ0) is 21.1. The first kappa shape index (κ1) is 21.4. The van der Waals surface area contributed by atoms with Gasteiger partial charge >= 0.3 is 5.97 Å². The highest BCUT2D eigenvalue weighted by molar-refractivity contribution is 9.10. The molecule has 0 aliphatic carbocycles. The van der Waals surface area contributed by atoms with E-state index in [0.717, 1.165) is 27.9 Å². The van der Waals surface area contributed by atoms with Crippen LogP contribution in [0.4, 0.5) is 13.8 Å². The van der Waals surface area contributed by atoms with Gasteiger partial charge in [-0.15, -0.1) is 11.3 Å². The summed E-state index contributed by atoms with van der Waals surface area (Å²) < 4.78 is 28.6. The van der Waals surface area contributed by atoms with Gasteiger partial charge in [0.15, 0.2) is 6.17 Å². The number of alkyl halides is 1. The predicted octanol–water partition coefficient (Wildman–Crippen LogP) is 6.19. The maximum atomic E-state index is 14.4. The van der Waals surface area contributed by atoms with Crippen molar-refractivity contribution in [1.82, 2.24) is 0 Å². The minimum absolute atomic E-state index is 0.0217. The molecule has 1 heterocycles. The van der Waals surface area contributed by atoms with Gasteiger partial charge in [-0.3, -0.25) is 4.79 Å². The molecule has 0 spiro atoms. The first-order valence-corrected chi connectivity index (χ1v) is 10.3. The summed E-state index contributed by atoms with van der Waals surface area (Å²) >= 11 is 10.2. The summed E-state index contributed by atoms with van der Waals surface area (Å²) in [6.07, 6.45) is -2.47. The Morgan fingerprint density at radius 2 is 1.90 bits per heavy atom. The lowest BCUT2D eigenvalue weighted by atomic mass is 10.0. The summed E-state index contributed by atoms with van der Waals surface area (Å²) in [6, 6.07) is 10.5. The quantitative estimate of drug-likeness (QED) is 0.424. The van der Waals surface area contributed by atoms with E-state index in [2.05, 4.69) is 21.2 Å². The van der Waals surface area contributed by atoms with Gasteiger partial charge in [0.1, 0.15) is 16.4 Å². The number of aromatic carboxylic acids is 1. The molecular weight excluding hydrogens is 488 g/mol. The molecule has 1 unspecified atom stereocenters. The highest BCUT2D eigenvalue weighted by atomic mass is 79.9. The number of carbonyl (C=O) groups is 2. The van der Waals surface area contributed by atoms with Gasteiger partial charge < -0.3 is 10.4 Å². The van der Waals surface area contributed by atoms with Crippen LogP contribution >= 0.6 is 38.9 Å². The Morgan fingerprint density at radius 1 is 1.21 bits per heavy atom. The molecule has 0 aliphatic rings. The molecule has 0 aliphatic heterocycles. The van der Waals surface area contributed by atoms with Crippen molar-refractivity contribution in [3.8, 4) is 11.1 Å². The second kappa shape index (κ2) is 9.02. The molecule has 2 N–H and O–H groups in total. The van der Waals surface area contributed by atoms with Crippen molar-refractivity contribution in [3.63, 3.8) is 0 Å². The third kappa shape index (κ3) is 5.01. The maximum Gasteiger partial charge on any atom is 0.339 e. The molecular formula is C20H13BrClF2NO3S. The van der Waals surface area contributed by atoms with Gasteiger partial charge in [0.2, 0.25) is 0 Å². The molecule has 1 atom stereocenters. The smallest absolute Gasteiger partial charge is 0.339 e. The minimum Gasteiger partial charge on any atom is -0.478 e. The van der Waals surface area contributed by atoms with Gasteiger partial charge in [-0.25, -0.2) is 13.6 Å². The van der Waals surface area contributed by atoms with E-state index < -0.39 is 30.3 Å². The van der Waals surface area contributed by atoms with Gasteiger partial charge in [-0.05, 0) is 41.5 Å². The van der Waals surface area contributed by atoms with Crippen LogP contribution < -0.4 is 5.32 Å². The van der Waals surface area contributed by atoms with Crippen molar-refractivity contribution in [2.45, 2.75) is 12.6 Å². The molecule has 3 aromatic rings. The number of carbonyl (C=O) groups excluding carboxylic acids is 1. The fourth-order valence-electron chi connectivity index (χ4n) is 2.68. The molecule has 0 saturated heterocycles. The molecule has 0 saturated carbocycles. The van der Waals surface area contributed by atoms with Crippen molar-refractivity contribution in [3.05, 3.63) is 74.3 Å². The van der Waals surface area contributed by atoms with Crippen LogP contribution in [0.5, 0.6) is 0 Å². The number of carboxylic acid groups (broad SMARTS) is 1. The van der Waals surface area contributed by atoms with Crippen LogP contribution in [0.25, 0.3) is 11.1 Å². The number of benzene rings is 2. The van der Waals surface area contributed by atoms with E-state index in [1.165, 1.54) is 6.07 Å². The van der Waals surface area contributed by atoms with Crippen molar-refractivity contribution < 1.29 is 23.5 Å². The fraction of sp³-hybridized carbons (Fsp3) is 0.100. The van der Waals surface area contributed by atoms with E-state index in [4.69, 9.17) is 11.6 Å². The Bertz CT molecular complexity index is 1070. The number of carboxylic acids is 1. The standard InChI is InChI=1S/C20H13BrClF2NO3S/c21-12-3-1-10(2-4-12)14-9-29-19(17(14)20(27)28)25-18(26)16(24)8-11-7-13(23)5-6-15(11)22/h1-7,9,16H,8H2,(H,25,26)(H,27,28). The first-order valence-electron chi connectivity index (χ1n) is 8.26. The minimum atomic E-state index is -2.03. The van der Waals surface area contributed by atoms with Gasteiger partial charge in [0.25, 0.3) is 5.91 Å². The predicted molar refractivity (Wildman–Crippen MR) is 113 cm³/mol. The summed E-state index contributed by atoms with van der Waals surface area (Å²) in [6.45, 7) is 0. The van der Waals surface area contributed by atoms with Crippen LogP contribution in [0.2, 0.25) is 5.02 Å². The molecule has 2 aromatic carbocycles. The van der Waals surface area contributed by atoms with Crippen LogP contribution in [0.3, 0.4) is 0 Å². The van der Waals surface area contributed by atoms with E-state index in [0.29, 0.717) is 11.1 Å². The number of anilines is 1. The lowest BCUT2D eigenvalue weighted by Gasteiger charge is -2.11. The Balaban J connectivity index is 1.82. The number of thiophene rings is 1. The molecule has 0 radical (unpaired) electrons. The van der Waals surface area contributed by atoms with E-state index >= 15 is 0 Å². The molecule has 29 heavy (non-hydrogen) atoms. The van der Waals surface area contributed by atoms with E-state index in [9.17, 15) is 23.5 Å². The number of rotatable bonds is 6. The van der Waals surface area contributed by atoms with E-state index in [1.54, 1.807) is 29.6 Å². The van der Waals surface area contributed by atoms with Gasteiger partial charge in [0, 0.05) is 26.9 Å². The first-order chi connectivity index (χ1) is 13.8. The van der Waals surface area contributed by atoms with E-state index in [1.807, 2.05) is 0 Å². The second-order valence-electron chi connectivity index (χ2n) is 6.06. The Hall–Kier alpha value is -2.29. The maximum absolute atomic E-state index is 14.4. The largest absolute Gasteiger partial charge is 0.478 e. The topological polar surface area (TPSA) is 66.4 Å². The average molecular weight is 501 g/mol. The summed E-state index contributed by atoms with van der Waals surface area (Å²) in [5.74, 6) is -2.87. The number of halogens is 4. The number of hydrogen-bond acceptors (Lipinski definition) is 3. The molecule has 0 bridgehead atoms. The Kier molecular flexibility index (Phi) is 6.66. The Morgan fingerprint density at radius 3 is 2.55 bits per heavy atom. The molecule has 0 fully saturated rings. The number of nitrogens with one attached hydrogen (secondary N) is 1. The molecule has 3 rings (SSSR count). The van der Waals surface area contributed by atoms with Crippen molar-refractivity contribution in [2.75, 3.05) is 5.32 Å². The zero-order valence-corrected chi connectivity index (χ0v) is 17.7. The van der Waals surface area contributed by atoms with Crippen molar-refractivity contribution in [1.29, 1.82) is 0 Å². The lowest BCUT2D eigenvalue weighted by Crippen LogP contribution is -2.26. The fourth-order valence-corrected chi connectivity index (χ4v) is 4.10. The number of hydrogen-bond donors (Lipinski definition) is 2. The molecule has 150 valence electrons. The Labute approximate surface area is 182 Å². The number of amides is 1. The van der Waals surface area contributed by atoms with Crippen LogP contribution in [0.1, 0.15) is 15.9 Å². The van der Waals surface area contributed by atoms with Gasteiger partial charge in [-0.1, -0.05) is 39.7 Å². The zero-order valence-electron chi connectivity index (χ0n) is 14.6. The summed E-state index contributed by atoms with van der Waals surface area (Å²) in [7, 11) is 0. The molecule has 4 nitrogen and oxygen atoms in total. The summed E-state index contributed by atoms with van der Waals surface area (Å²) in [5.41, 5.74) is 1.08. The third-order valence-electron chi connectivity index (χ3n) is 4.09. The SMILES string of the molecule is O=C(O)c1c(-c2ccc(Br)cc2)csc1NC(=O)C(F)Cc1cc(F)ccc1Cl. The molecule has 1 amide bonds. The summed E-state index contributed by atoms with van der Waals surface area (Å²) in [5, 5.41) is 13.7. The summed E-state index contributed by atoms with van der Waals surface area (Å²) in [4.78, 5) is 24.0. The normalized spacial score (nSPS) is 11.9. The van der Waals surface area contributed by atoms with Crippen LogP contribution in [-0.2, 0) is 11.2 Å². The highest BCUT2D eigenvalue weighted by Gasteiger charge is 2.25. The molecule has 9 heteroatoms. The average Bonchev–Trinajstić information content (AvgIpc) is 3.09. The van der Waals surface area contributed by atoms with E-state index in [-0.39, 0.29) is 21.2 Å². The van der Waals surface area contributed by atoms with Crippen molar-refractivity contribution >= 4 is 55.7 Å².